The predicted octanol–water partition coefficient (Wildman–Crippen LogP) is -1.26. The molecule has 0 amide bonds. The molecule has 16 heteroatoms. The predicted molar refractivity (Wildman–Crippen MR) is 261 cm³/mol. The molecule has 0 aliphatic carbocycles. The highest BCUT2D eigenvalue weighted by Crippen LogP contribution is 2.35. The van der Waals surface area contributed by atoms with Crippen molar-refractivity contribution in [3.05, 3.63) is 97.1 Å². The van der Waals surface area contributed by atoms with E-state index < -0.39 is 0 Å². The smallest absolute Gasteiger partial charge is 0.164 e. The van der Waals surface area contributed by atoms with Crippen LogP contribution in [0.1, 0.15) is 0 Å². The zero-order valence-electron chi connectivity index (χ0n) is 32.2. The largest absolute Gasteiger partial charge is 0.457 e. The third-order valence-electron chi connectivity index (χ3n) is 11.3. The number of nitrogens with zero attached hydrogens (tertiary/aromatic N) is 3. The average molecular weight is 750 g/mol. The molecule has 10 rings (SSSR count). The van der Waals surface area contributed by atoms with Gasteiger partial charge in [0.25, 0.3) is 0 Å². The Kier molecular flexibility index (Phi) is 9.28. The van der Waals surface area contributed by atoms with E-state index in [-0.39, 0.29) is 99.2 Å². The van der Waals surface area contributed by atoms with Gasteiger partial charge in [-0.3, -0.25) is 0 Å². The minimum absolute atomic E-state index is 0.00269. The third kappa shape index (κ3) is 5.96. The third-order valence-corrected chi connectivity index (χ3v) is 11.3. The zero-order chi connectivity index (χ0) is 42.6. The first-order valence-electron chi connectivity index (χ1n) is 18.9. The van der Waals surface area contributed by atoms with Crippen molar-refractivity contribution >= 4 is 190 Å². The first kappa shape index (κ1) is 39.0. The molecule has 0 aliphatic rings. The van der Waals surface area contributed by atoms with Crippen LogP contribution in [0.5, 0.6) is 0 Å². The van der Waals surface area contributed by atoms with Gasteiger partial charge in [-0.25, -0.2) is 15.0 Å². The summed E-state index contributed by atoms with van der Waals surface area (Å²) >= 11 is 0. The van der Waals surface area contributed by atoms with Crippen molar-refractivity contribution in [1.82, 2.24) is 15.0 Å². The van der Waals surface area contributed by atoms with Gasteiger partial charge in [-0.15, -0.1) is 10.9 Å². The number of hydrogen-bond acceptors (Lipinski definition) is 5. The molecule has 61 heavy (non-hydrogen) atoms. The normalized spacial score (nSPS) is 11.7. The molecule has 3 heterocycles. The lowest BCUT2D eigenvalue weighted by Crippen LogP contribution is -2.48. The van der Waals surface area contributed by atoms with Gasteiger partial charge in [-0.2, -0.15) is 0 Å². The Morgan fingerprint density at radius 2 is 0.803 bits per heavy atom. The molecule has 0 saturated heterocycles. The average Bonchev–Trinajstić information content (AvgIpc) is 3.87. The number of rotatable bonds is 5. The lowest BCUT2D eigenvalue weighted by atomic mass is 9.59. The van der Waals surface area contributed by atoms with E-state index in [9.17, 15) is 0 Å². The number of fused-ring (bicyclic) bond motifs is 6. The van der Waals surface area contributed by atoms with E-state index in [0.29, 0.717) is 33.7 Å². The summed E-state index contributed by atoms with van der Waals surface area (Å²) in [6.07, 6.45) is 0. The van der Waals surface area contributed by atoms with Gasteiger partial charge in [0.15, 0.2) is 17.5 Å². The van der Waals surface area contributed by atoms with Crippen LogP contribution < -0.4 is 60.1 Å². The van der Waals surface area contributed by atoms with Crippen molar-refractivity contribution in [2.75, 3.05) is 0 Å². The highest BCUT2D eigenvalue weighted by molar-refractivity contribution is 6.70. The molecule has 0 atom stereocenters. The quantitative estimate of drug-likeness (QED) is 0.206. The number of hydrogen-bond donors (Lipinski definition) is 0. The van der Waals surface area contributed by atoms with Crippen LogP contribution in [0.3, 0.4) is 0 Å². The van der Waals surface area contributed by atoms with Gasteiger partial charge in [-0.1, -0.05) is 116 Å². The second kappa shape index (κ2) is 14.5. The lowest BCUT2D eigenvalue weighted by molar-refractivity contribution is 0.669. The summed E-state index contributed by atoms with van der Waals surface area (Å²) in [6, 6.07) is 31.5. The monoisotopic (exact) mass is 751 g/mol. The van der Waals surface area contributed by atoms with Crippen molar-refractivity contribution in [2.24, 2.45) is 0 Å². The van der Waals surface area contributed by atoms with Crippen LogP contribution in [-0.4, -0.2) is 101 Å². The first-order valence-corrected chi connectivity index (χ1v) is 18.9. The fourth-order valence-electron chi connectivity index (χ4n) is 8.07. The molecule has 256 valence electrons. The van der Waals surface area contributed by atoms with Gasteiger partial charge in [0.1, 0.15) is 109 Å². The van der Waals surface area contributed by atoms with Gasteiger partial charge >= 0.3 is 0 Å². The maximum atomic E-state index is 6.88. The van der Waals surface area contributed by atoms with Crippen molar-refractivity contribution < 1.29 is 8.83 Å². The Bertz CT molecular complexity index is 3470. The summed E-state index contributed by atoms with van der Waals surface area (Å²) in [5.41, 5.74) is 5.77. The highest BCUT2D eigenvalue weighted by Gasteiger charge is 2.26. The van der Waals surface area contributed by atoms with Crippen LogP contribution in [0.15, 0.2) is 106 Å². The van der Waals surface area contributed by atoms with Gasteiger partial charge in [0, 0.05) is 38.2 Å². The molecule has 0 saturated carbocycles. The van der Waals surface area contributed by atoms with Gasteiger partial charge in [0.05, 0.1) is 0 Å². The van der Waals surface area contributed by atoms with E-state index in [0.717, 1.165) is 27.5 Å². The Morgan fingerprint density at radius 1 is 0.311 bits per heavy atom. The van der Waals surface area contributed by atoms with Crippen LogP contribution >= 0.6 is 0 Å². The summed E-state index contributed by atoms with van der Waals surface area (Å²) in [5.74, 6) is 0.761. The molecule has 10 aromatic rings. The SMILES string of the molecule is [B]c1c([B])c(-c2c([B])c([B])c3c(oc4c([B])c([B])c([B])c([B])c43)c2[B])c([B])c([B])c1-c1nc(-c2ccccc2)nc(-c2ccc3c(c2)oc2ccc(-c4ccccc4)cc23)n1. The van der Waals surface area contributed by atoms with E-state index in [2.05, 4.69) is 18.2 Å². The van der Waals surface area contributed by atoms with Crippen molar-refractivity contribution in [3.8, 4) is 56.4 Å². The van der Waals surface area contributed by atoms with Crippen molar-refractivity contribution in [3.63, 3.8) is 0 Å². The maximum Gasteiger partial charge on any atom is 0.164 e. The molecule has 7 aromatic carbocycles. The van der Waals surface area contributed by atoms with E-state index in [4.69, 9.17) is 110 Å². The topological polar surface area (TPSA) is 65.0 Å². The van der Waals surface area contributed by atoms with Crippen LogP contribution in [0.4, 0.5) is 0 Å². The minimum atomic E-state index is -0.0238. The van der Waals surface area contributed by atoms with Crippen LogP contribution in [-0.2, 0) is 0 Å². The van der Waals surface area contributed by atoms with Gasteiger partial charge in [0.2, 0.25) is 0 Å². The van der Waals surface area contributed by atoms with Crippen LogP contribution in [0.2, 0.25) is 0 Å². The van der Waals surface area contributed by atoms with Crippen LogP contribution in [0, 0.1) is 0 Å². The second-order valence-corrected chi connectivity index (χ2v) is 14.7. The molecule has 0 aliphatic heterocycles. The second-order valence-electron chi connectivity index (χ2n) is 14.7. The minimum Gasteiger partial charge on any atom is -0.457 e. The maximum absolute atomic E-state index is 6.88. The molecular weight excluding hydrogens is 733 g/mol. The summed E-state index contributed by atoms with van der Waals surface area (Å²) in [4.78, 5) is 14.6. The first-order chi connectivity index (χ1) is 29.3. The van der Waals surface area contributed by atoms with Gasteiger partial charge < -0.3 is 8.83 Å². The number of aromatic nitrogens is 3. The molecule has 0 fully saturated rings. The Labute approximate surface area is 365 Å². The molecule has 3 aromatic heterocycles. The molecule has 0 N–H and O–H groups in total. The van der Waals surface area contributed by atoms with Crippen LogP contribution in [0.25, 0.3) is 100 Å². The number of benzene rings is 7. The Hall–Kier alpha value is -6.14. The Balaban J connectivity index is 1.15. The fourth-order valence-corrected chi connectivity index (χ4v) is 8.07. The molecule has 5 nitrogen and oxygen atoms in total. The summed E-state index contributed by atoms with van der Waals surface area (Å²) in [5, 5.41) is 2.48. The van der Waals surface area contributed by atoms with E-state index in [1.807, 2.05) is 78.9 Å². The summed E-state index contributed by atoms with van der Waals surface area (Å²) in [6.45, 7) is 0. The zero-order valence-corrected chi connectivity index (χ0v) is 32.2. The van der Waals surface area contributed by atoms with Crippen molar-refractivity contribution in [1.29, 1.82) is 0 Å². The molecule has 0 unspecified atom stereocenters. The number of furan rings is 2. The highest BCUT2D eigenvalue weighted by atomic mass is 16.3. The molecular formula is C45H16B11N3O2. The van der Waals surface area contributed by atoms with Crippen molar-refractivity contribution in [2.45, 2.75) is 0 Å². The molecule has 0 spiro atoms. The molecule has 22 radical (unpaired) electrons. The summed E-state index contributed by atoms with van der Waals surface area (Å²) in [7, 11) is 72.7. The van der Waals surface area contributed by atoms with E-state index in [1.54, 1.807) is 0 Å². The molecule has 0 bridgehead atoms. The lowest BCUT2D eigenvalue weighted by Gasteiger charge is -2.26. The van der Waals surface area contributed by atoms with E-state index in [1.165, 1.54) is 0 Å². The standard InChI is InChI=1S/C45H16B11N3O2/c46-30-25(26-32(48)33(49)27-28-34(50)38(54)39(55)40(56)42(28)61-41(27)37(26)53)31(47)36(52)29(35(30)51)45-58-43(18-9-5-2-6-10-18)57-44(59-45)20-11-13-21-22-15-19(17-7-3-1-4-8-17)12-14-23(22)60-24(21)16-20/h1-16H. The summed E-state index contributed by atoms with van der Waals surface area (Å²) < 4.78 is 12.5. The van der Waals surface area contributed by atoms with Gasteiger partial charge in [-0.05, 0) is 52.0 Å². The Morgan fingerprint density at radius 3 is 1.46 bits per heavy atom. The van der Waals surface area contributed by atoms with E-state index >= 15 is 0 Å². The fraction of sp³-hybridized carbons (Fsp3) is 0.